The van der Waals surface area contributed by atoms with Gasteiger partial charge in [0.05, 0.1) is 0 Å². The van der Waals surface area contributed by atoms with Crippen molar-refractivity contribution in [1.82, 2.24) is 5.32 Å². The van der Waals surface area contributed by atoms with Gasteiger partial charge in [-0.2, -0.15) is 0 Å². The SMILES string of the molecule is O=C(O)C1OC1C(=O)NCc1ccccc1.[H-].[K+]. The van der Waals surface area contributed by atoms with E-state index in [-0.39, 0.29) is 58.7 Å². The van der Waals surface area contributed by atoms with Gasteiger partial charge >= 0.3 is 57.4 Å². The molecule has 0 aromatic heterocycles. The summed E-state index contributed by atoms with van der Waals surface area (Å²) in [6.45, 7) is 0.381. The third-order valence-electron chi connectivity index (χ3n) is 2.30. The number of epoxide rings is 1. The average Bonchev–Trinajstić information content (AvgIpc) is 3.07. The summed E-state index contributed by atoms with van der Waals surface area (Å²) in [4.78, 5) is 21.8. The molecule has 2 rings (SSSR count). The number of hydrogen-bond donors (Lipinski definition) is 2. The molecule has 0 aliphatic carbocycles. The molecule has 2 atom stereocenters. The van der Waals surface area contributed by atoms with Crippen LogP contribution in [0.2, 0.25) is 0 Å². The zero-order valence-corrected chi connectivity index (χ0v) is 12.5. The van der Waals surface area contributed by atoms with Crippen molar-refractivity contribution in [3.63, 3.8) is 0 Å². The number of ether oxygens (including phenoxy) is 1. The van der Waals surface area contributed by atoms with E-state index in [9.17, 15) is 9.59 Å². The predicted molar refractivity (Wildman–Crippen MR) is 55.7 cm³/mol. The van der Waals surface area contributed by atoms with E-state index < -0.39 is 18.2 Å². The monoisotopic (exact) mass is 261 g/mol. The maximum Gasteiger partial charge on any atom is 1.00 e. The summed E-state index contributed by atoms with van der Waals surface area (Å²) < 4.78 is 4.72. The first-order valence-corrected chi connectivity index (χ1v) is 4.88. The summed E-state index contributed by atoms with van der Waals surface area (Å²) in [7, 11) is 0. The number of carboxylic acid groups (broad SMARTS) is 1. The Morgan fingerprint density at radius 1 is 1.29 bits per heavy atom. The molecule has 0 saturated carbocycles. The number of amides is 1. The molecule has 1 aliphatic heterocycles. The molecule has 1 heterocycles. The fourth-order valence-corrected chi connectivity index (χ4v) is 1.39. The van der Waals surface area contributed by atoms with Crippen LogP contribution < -0.4 is 56.7 Å². The minimum atomic E-state index is -1.10. The third-order valence-corrected chi connectivity index (χ3v) is 2.30. The number of hydrogen-bond acceptors (Lipinski definition) is 3. The number of aliphatic carboxylic acids is 1. The van der Waals surface area contributed by atoms with E-state index in [4.69, 9.17) is 9.84 Å². The van der Waals surface area contributed by atoms with E-state index in [1.807, 2.05) is 30.3 Å². The molecule has 0 bridgehead atoms. The molecule has 0 spiro atoms. The molecule has 0 radical (unpaired) electrons. The topological polar surface area (TPSA) is 78.9 Å². The molecule has 1 fully saturated rings. The van der Waals surface area contributed by atoms with Gasteiger partial charge in [0.1, 0.15) is 0 Å². The molecule has 2 N–H and O–H groups in total. The first kappa shape index (κ1) is 14.8. The molecule has 17 heavy (non-hydrogen) atoms. The maximum atomic E-state index is 11.4. The van der Waals surface area contributed by atoms with Gasteiger partial charge in [0.2, 0.25) is 0 Å². The Hall–Kier alpha value is -0.244. The molecule has 1 saturated heterocycles. The van der Waals surface area contributed by atoms with Gasteiger partial charge in [-0.05, 0) is 5.56 Å². The maximum absolute atomic E-state index is 11.4. The van der Waals surface area contributed by atoms with Crippen LogP contribution in [0, 0.1) is 0 Å². The van der Waals surface area contributed by atoms with Crippen LogP contribution in [0.15, 0.2) is 30.3 Å². The van der Waals surface area contributed by atoms with E-state index in [1.165, 1.54) is 0 Å². The largest absolute Gasteiger partial charge is 1.00 e. The molecule has 5 nitrogen and oxygen atoms in total. The molecule has 1 aromatic rings. The van der Waals surface area contributed by atoms with Gasteiger partial charge in [-0.1, -0.05) is 30.3 Å². The second-order valence-corrected chi connectivity index (χ2v) is 3.52. The molecular formula is C11H12KNO4. The molecule has 1 aliphatic rings. The average molecular weight is 261 g/mol. The van der Waals surface area contributed by atoms with E-state index in [1.54, 1.807) is 0 Å². The van der Waals surface area contributed by atoms with Gasteiger partial charge in [0.25, 0.3) is 5.91 Å². The quantitative estimate of drug-likeness (QED) is 0.456. The van der Waals surface area contributed by atoms with Crippen molar-refractivity contribution in [3.8, 4) is 0 Å². The van der Waals surface area contributed by atoms with Crippen molar-refractivity contribution in [2.45, 2.75) is 18.8 Å². The second kappa shape index (κ2) is 6.63. The summed E-state index contributed by atoms with van der Waals surface area (Å²) in [5.41, 5.74) is 0.961. The zero-order valence-electron chi connectivity index (χ0n) is 10.4. The number of carboxylic acids is 1. The first-order chi connectivity index (χ1) is 7.68. The van der Waals surface area contributed by atoms with Crippen LogP contribution in [0.5, 0.6) is 0 Å². The van der Waals surface area contributed by atoms with Gasteiger partial charge in [-0.25, -0.2) is 4.79 Å². The Morgan fingerprint density at radius 3 is 2.47 bits per heavy atom. The number of benzene rings is 1. The van der Waals surface area contributed by atoms with Crippen LogP contribution >= 0.6 is 0 Å². The Morgan fingerprint density at radius 2 is 1.94 bits per heavy atom. The van der Waals surface area contributed by atoms with Crippen molar-refractivity contribution >= 4 is 11.9 Å². The molecule has 86 valence electrons. The molecule has 6 heteroatoms. The molecule has 1 amide bonds. The fraction of sp³-hybridized carbons (Fsp3) is 0.273. The van der Waals surface area contributed by atoms with Crippen molar-refractivity contribution in [1.29, 1.82) is 0 Å². The van der Waals surface area contributed by atoms with Crippen molar-refractivity contribution in [2.24, 2.45) is 0 Å². The fourth-order valence-electron chi connectivity index (χ4n) is 1.39. The van der Waals surface area contributed by atoms with Crippen molar-refractivity contribution < 1.29 is 72.2 Å². The Kier molecular flexibility index (Phi) is 5.77. The van der Waals surface area contributed by atoms with Crippen LogP contribution in [-0.4, -0.2) is 29.2 Å². The Balaban J connectivity index is 0.00000144. The Labute approximate surface area is 142 Å². The molecule has 1 aromatic carbocycles. The molecular weight excluding hydrogens is 249 g/mol. The summed E-state index contributed by atoms with van der Waals surface area (Å²) in [6, 6.07) is 9.38. The van der Waals surface area contributed by atoms with Gasteiger partial charge < -0.3 is 16.6 Å². The van der Waals surface area contributed by atoms with Crippen LogP contribution in [-0.2, 0) is 20.9 Å². The number of carbonyl (C=O) groups excluding carboxylic acids is 1. The van der Waals surface area contributed by atoms with Crippen LogP contribution in [0.1, 0.15) is 6.99 Å². The Bertz CT molecular complexity index is 415. The van der Waals surface area contributed by atoms with Gasteiger partial charge in [0.15, 0.2) is 12.2 Å². The smallest absolute Gasteiger partial charge is 1.00 e. The van der Waals surface area contributed by atoms with Crippen molar-refractivity contribution in [2.75, 3.05) is 0 Å². The van der Waals surface area contributed by atoms with Gasteiger partial charge in [-0.3, -0.25) is 4.79 Å². The van der Waals surface area contributed by atoms with E-state index in [0.717, 1.165) is 5.56 Å². The summed E-state index contributed by atoms with van der Waals surface area (Å²) in [6.07, 6.45) is -1.81. The summed E-state index contributed by atoms with van der Waals surface area (Å²) in [5, 5.41) is 11.2. The number of nitrogens with one attached hydrogen (secondary N) is 1. The normalized spacial score (nSPS) is 21.2. The first-order valence-electron chi connectivity index (χ1n) is 4.88. The minimum Gasteiger partial charge on any atom is -1.00 e. The second-order valence-electron chi connectivity index (χ2n) is 3.52. The molecule has 2 unspecified atom stereocenters. The third kappa shape index (κ3) is 4.16. The minimum absolute atomic E-state index is 0. The number of carbonyl (C=O) groups is 2. The van der Waals surface area contributed by atoms with Crippen molar-refractivity contribution in [3.05, 3.63) is 35.9 Å². The van der Waals surface area contributed by atoms with E-state index in [0.29, 0.717) is 6.54 Å². The van der Waals surface area contributed by atoms with Crippen LogP contribution in [0.25, 0.3) is 0 Å². The zero-order chi connectivity index (χ0) is 11.5. The summed E-state index contributed by atoms with van der Waals surface area (Å²) in [5.74, 6) is -1.48. The van der Waals surface area contributed by atoms with Crippen LogP contribution in [0.3, 0.4) is 0 Å². The van der Waals surface area contributed by atoms with Gasteiger partial charge in [-0.15, -0.1) is 0 Å². The summed E-state index contributed by atoms with van der Waals surface area (Å²) >= 11 is 0. The standard InChI is InChI=1S/C11H11NO4.K.H/c13-10(8-9(16-8)11(14)15)12-6-7-4-2-1-3-5-7;;/h1-5,8-9H,6H2,(H,12,13)(H,14,15);;/q;+1;-1. The van der Waals surface area contributed by atoms with E-state index >= 15 is 0 Å². The number of rotatable bonds is 4. The van der Waals surface area contributed by atoms with Crippen LogP contribution in [0.4, 0.5) is 0 Å². The van der Waals surface area contributed by atoms with Gasteiger partial charge in [0, 0.05) is 6.54 Å². The van der Waals surface area contributed by atoms with E-state index in [2.05, 4.69) is 5.32 Å². The predicted octanol–water partition coefficient (Wildman–Crippen LogP) is -2.73.